The van der Waals surface area contributed by atoms with Gasteiger partial charge in [0.25, 0.3) is 0 Å². The Morgan fingerprint density at radius 2 is 1.85 bits per heavy atom. The number of aromatic carboxylic acids is 1. The van der Waals surface area contributed by atoms with Crippen molar-refractivity contribution in [3.05, 3.63) is 35.4 Å². The second-order valence-electron chi connectivity index (χ2n) is 5.86. The maximum atomic E-state index is 12.1. The molecule has 0 aromatic heterocycles. The van der Waals surface area contributed by atoms with Crippen molar-refractivity contribution in [1.29, 1.82) is 0 Å². The van der Waals surface area contributed by atoms with Crippen LogP contribution in [0.2, 0.25) is 0 Å². The predicted octanol–water partition coefficient (Wildman–Crippen LogP) is 1.99. The summed E-state index contributed by atoms with van der Waals surface area (Å²) < 4.78 is 27.0. The van der Waals surface area contributed by atoms with Crippen LogP contribution in [-0.4, -0.2) is 25.0 Å². The molecule has 0 saturated heterocycles. The summed E-state index contributed by atoms with van der Waals surface area (Å²) in [4.78, 5) is 10.7. The fraction of sp³-hybridized carbons (Fsp3) is 0.500. The van der Waals surface area contributed by atoms with Gasteiger partial charge in [-0.3, -0.25) is 0 Å². The zero-order valence-electron chi connectivity index (χ0n) is 11.6. The molecule has 0 heterocycles. The molecule has 0 unspecified atom stereocenters. The maximum absolute atomic E-state index is 12.1. The van der Waals surface area contributed by atoms with Crippen molar-refractivity contribution in [2.75, 3.05) is 0 Å². The highest BCUT2D eigenvalue weighted by atomic mass is 32.2. The van der Waals surface area contributed by atoms with Gasteiger partial charge < -0.3 is 5.11 Å². The van der Waals surface area contributed by atoms with Crippen molar-refractivity contribution in [2.24, 2.45) is 5.92 Å². The third-order valence-corrected chi connectivity index (χ3v) is 5.12. The summed E-state index contributed by atoms with van der Waals surface area (Å²) in [6.45, 7) is 3.80. The molecule has 0 spiro atoms. The first-order chi connectivity index (χ1) is 9.20. The van der Waals surface area contributed by atoms with Crippen LogP contribution in [0.3, 0.4) is 0 Å². The van der Waals surface area contributed by atoms with Gasteiger partial charge in [-0.2, -0.15) is 0 Å². The number of nitrogens with one attached hydrogen (secondary N) is 1. The van der Waals surface area contributed by atoms with Gasteiger partial charge in [0.15, 0.2) is 0 Å². The summed E-state index contributed by atoms with van der Waals surface area (Å²) in [7, 11) is -3.43. The van der Waals surface area contributed by atoms with Crippen LogP contribution in [-0.2, 0) is 15.8 Å². The Balaban J connectivity index is 2.06. The highest BCUT2D eigenvalue weighted by Gasteiger charge is 2.40. The molecule has 1 aliphatic carbocycles. The van der Waals surface area contributed by atoms with E-state index in [2.05, 4.69) is 4.72 Å². The summed E-state index contributed by atoms with van der Waals surface area (Å²) in [6, 6.07) is 5.90. The first-order valence-electron chi connectivity index (χ1n) is 6.53. The first kappa shape index (κ1) is 15.0. The van der Waals surface area contributed by atoms with Gasteiger partial charge in [-0.05, 0) is 50.3 Å². The lowest BCUT2D eigenvalue weighted by Crippen LogP contribution is -2.45. The average Bonchev–Trinajstić information content (AvgIpc) is 3.11. The Morgan fingerprint density at radius 1 is 1.30 bits per heavy atom. The van der Waals surface area contributed by atoms with Crippen LogP contribution in [0.4, 0.5) is 0 Å². The molecule has 20 heavy (non-hydrogen) atoms. The van der Waals surface area contributed by atoms with Gasteiger partial charge in [0, 0.05) is 5.54 Å². The van der Waals surface area contributed by atoms with E-state index in [1.165, 1.54) is 24.3 Å². The lowest BCUT2D eigenvalue weighted by molar-refractivity contribution is 0.0697. The number of hydrogen-bond donors (Lipinski definition) is 2. The Hall–Kier alpha value is -1.40. The van der Waals surface area contributed by atoms with Gasteiger partial charge in [-0.1, -0.05) is 12.1 Å². The highest BCUT2D eigenvalue weighted by molar-refractivity contribution is 7.88. The van der Waals surface area contributed by atoms with E-state index in [1.807, 2.05) is 13.8 Å². The molecule has 1 fully saturated rings. The molecular formula is C14H19NO4S. The highest BCUT2D eigenvalue weighted by Crippen LogP contribution is 2.39. The molecule has 0 aliphatic heterocycles. The quantitative estimate of drug-likeness (QED) is 0.841. The lowest BCUT2D eigenvalue weighted by Gasteiger charge is -2.25. The zero-order chi connectivity index (χ0) is 15.0. The predicted molar refractivity (Wildman–Crippen MR) is 76.0 cm³/mol. The van der Waals surface area contributed by atoms with Gasteiger partial charge in [-0.15, -0.1) is 0 Å². The van der Waals surface area contributed by atoms with Crippen molar-refractivity contribution in [3.63, 3.8) is 0 Å². The molecule has 6 heteroatoms. The number of carbonyl (C=O) groups is 1. The number of hydrogen-bond acceptors (Lipinski definition) is 3. The van der Waals surface area contributed by atoms with Gasteiger partial charge in [0.2, 0.25) is 10.0 Å². The smallest absolute Gasteiger partial charge is 0.335 e. The largest absolute Gasteiger partial charge is 0.478 e. The fourth-order valence-corrected chi connectivity index (χ4v) is 3.96. The van der Waals surface area contributed by atoms with Crippen LogP contribution in [0, 0.1) is 5.92 Å². The van der Waals surface area contributed by atoms with Gasteiger partial charge in [0.05, 0.1) is 11.3 Å². The molecule has 0 atom stereocenters. The third kappa shape index (κ3) is 3.80. The number of carboxylic acid groups (broad SMARTS) is 1. The molecular weight excluding hydrogens is 278 g/mol. The van der Waals surface area contributed by atoms with E-state index < -0.39 is 21.5 Å². The van der Waals surface area contributed by atoms with Gasteiger partial charge in [0.1, 0.15) is 0 Å². The lowest BCUT2D eigenvalue weighted by atomic mass is 10.0. The first-order valence-corrected chi connectivity index (χ1v) is 8.19. The van der Waals surface area contributed by atoms with Crippen LogP contribution in [0.1, 0.15) is 42.6 Å². The Labute approximate surface area is 119 Å². The van der Waals surface area contributed by atoms with Crippen LogP contribution in [0.5, 0.6) is 0 Å². The molecule has 2 N–H and O–H groups in total. The van der Waals surface area contributed by atoms with Crippen molar-refractivity contribution in [3.8, 4) is 0 Å². The van der Waals surface area contributed by atoms with E-state index in [4.69, 9.17) is 5.11 Å². The van der Waals surface area contributed by atoms with E-state index in [0.717, 1.165) is 12.8 Å². The topological polar surface area (TPSA) is 83.5 Å². The molecule has 1 aromatic carbocycles. The molecule has 2 rings (SSSR count). The maximum Gasteiger partial charge on any atom is 0.335 e. The Bertz CT molecular complexity index is 601. The molecule has 1 aromatic rings. The van der Waals surface area contributed by atoms with Crippen molar-refractivity contribution in [2.45, 2.75) is 38.0 Å². The Kier molecular flexibility index (Phi) is 3.88. The number of carboxylic acids is 1. The zero-order valence-corrected chi connectivity index (χ0v) is 12.4. The SMILES string of the molecule is CC(C)(NS(=O)(=O)Cc1ccc(C(=O)O)cc1)C1CC1. The molecule has 5 nitrogen and oxygen atoms in total. The van der Waals surface area contributed by atoms with E-state index in [0.29, 0.717) is 11.5 Å². The number of sulfonamides is 1. The summed E-state index contributed by atoms with van der Waals surface area (Å²) >= 11 is 0. The summed E-state index contributed by atoms with van der Waals surface area (Å²) in [5, 5.41) is 8.80. The number of benzene rings is 1. The van der Waals surface area contributed by atoms with Crippen molar-refractivity contribution in [1.82, 2.24) is 4.72 Å². The molecule has 0 amide bonds. The van der Waals surface area contributed by atoms with Gasteiger partial charge >= 0.3 is 5.97 Å². The Morgan fingerprint density at radius 3 is 2.30 bits per heavy atom. The van der Waals surface area contributed by atoms with Crippen molar-refractivity contribution < 1.29 is 18.3 Å². The summed E-state index contributed by atoms with van der Waals surface area (Å²) in [5.74, 6) is -0.748. The molecule has 0 radical (unpaired) electrons. The minimum atomic E-state index is -3.43. The summed E-state index contributed by atoms with van der Waals surface area (Å²) in [5.41, 5.74) is 0.311. The fourth-order valence-electron chi connectivity index (χ4n) is 2.29. The van der Waals surface area contributed by atoms with E-state index in [-0.39, 0.29) is 11.3 Å². The standard InChI is InChI=1S/C14H19NO4S/c1-14(2,12-7-8-12)15-20(18,19)9-10-3-5-11(6-4-10)13(16)17/h3-6,12,15H,7-9H2,1-2H3,(H,16,17). The van der Waals surface area contributed by atoms with Crippen LogP contribution >= 0.6 is 0 Å². The minimum absolute atomic E-state index is 0.136. The minimum Gasteiger partial charge on any atom is -0.478 e. The third-order valence-electron chi connectivity index (χ3n) is 3.57. The van der Waals surface area contributed by atoms with E-state index in [1.54, 1.807) is 0 Å². The second kappa shape index (κ2) is 5.18. The molecule has 0 bridgehead atoms. The molecule has 1 aliphatic rings. The number of rotatable bonds is 6. The van der Waals surface area contributed by atoms with Crippen LogP contribution in [0.25, 0.3) is 0 Å². The van der Waals surface area contributed by atoms with E-state index in [9.17, 15) is 13.2 Å². The summed E-state index contributed by atoms with van der Waals surface area (Å²) in [6.07, 6.45) is 2.12. The van der Waals surface area contributed by atoms with Crippen LogP contribution in [0.15, 0.2) is 24.3 Å². The van der Waals surface area contributed by atoms with Gasteiger partial charge in [-0.25, -0.2) is 17.9 Å². The molecule has 110 valence electrons. The second-order valence-corrected chi connectivity index (χ2v) is 7.58. The average molecular weight is 297 g/mol. The normalized spacial score (nSPS) is 16.1. The molecule has 1 saturated carbocycles. The van der Waals surface area contributed by atoms with Crippen molar-refractivity contribution >= 4 is 16.0 Å². The monoisotopic (exact) mass is 297 g/mol. The van der Waals surface area contributed by atoms with Crippen LogP contribution < -0.4 is 4.72 Å². The van der Waals surface area contributed by atoms with E-state index >= 15 is 0 Å².